The highest BCUT2D eigenvalue weighted by Crippen LogP contribution is 2.42. The van der Waals surface area contributed by atoms with Gasteiger partial charge in [0.1, 0.15) is 5.70 Å². The molecule has 0 saturated carbocycles. The lowest BCUT2D eigenvalue weighted by Gasteiger charge is -2.43. The van der Waals surface area contributed by atoms with Crippen LogP contribution in [0.5, 0.6) is 0 Å². The number of hydrogen-bond acceptors (Lipinski definition) is 3. The number of anilines is 1. The number of carbonyl (C=O) groups excluding carboxylic acids is 2. The molecule has 172 valence electrons. The Labute approximate surface area is 204 Å². The largest absolute Gasteiger partial charge is 0.362 e. The maximum atomic E-state index is 13.0. The molecule has 33 heavy (non-hydrogen) atoms. The lowest BCUT2D eigenvalue weighted by atomic mass is 9.87. The molecule has 1 fully saturated rings. The number of rotatable bonds is 5. The van der Waals surface area contributed by atoms with Crippen molar-refractivity contribution < 1.29 is 9.59 Å². The van der Waals surface area contributed by atoms with Gasteiger partial charge in [-0.2, -0.15) is 0 Å². The van der Waals surface area contributed by atoms with Gasteiger partial charge in [0.25, 0.3) is 5.91 Å². The van der Waals surface area contributed by atoms with Crippen molar-refractivity contribution in [2.75, 3.05) is 11.4 Å². The lowest BCUT2D eigenvalue weighted by Crippen LogP contribution is -2.45. The smallest absolute Gasteiger partial charge is 0.329 e. The van der Waals surface area contributed by atoms with E-state index >= 15 is 0 Å². The Bertz CT molecular complexity index is 1200. The number of allylic oxidation sites excluding steroid dienone is 1. The van der Waals surface area contributed by atoms with Gasteiger partial charge in [0.05, 0.1) is 12.1 Å². The van der Waals surface area contributed by atoms with Gasteiger partial charge in [0.15, 0.2) is 0 Å². The minimum absolute atomic E-state index is 0.0997. The minimum Gasteiger partial charge on any atom is -0.362 e. The van der Waals surface area contributed by atoms with Crippen LogP contribution in [0, 0.1) is 0 Å². The van der Waals surface area contributed by atoms with Crippen molar-refractivity contribution in [3.63, 3.8) is 0 Å². The van der Waals surface area contributed by atoms with Crippen LogP contribution in [-0.2, 0) is 11.3 Å². The molecule has 2 aromatic carbocycles. The Morgan fingerprint density at radius 1 is 1.09 bits per heavy atom. The van der Waals surface area contributed by atoms with E-state index in [2.05, 4.69) is 44.0 Å². The van der Waals surface area contributed by atoms with Crippen LogP contribution < -0.4 is 10.2 Å². The number of hydrogen-bond donors (Lipinski definition) is 1. The van der Waals surface area contributed by atoms with Crippen molar-refractivity contribution in [1.82, 2.24) is 10.2 Å². The molecule has 0 aliphatic carbocycles. The molecule has 0 unspecified atom stereocenters. The van der Waals surface area contributed by atoms with Crippen molar-refractivity contribution in [1.29, 1.82) is 0 Å². The summed E-state index contributed by atoms with van der Waals surface area (Å²) in [6, 6.07) is 10.6. The van der Waals surface area contributed by atoms with Gasteiger partial charge in [-0.1, -0.05) is 54.4 Å². The van der Waals surface area contributed by atoms with Crippen LogP contribution in [0.3, 0.4) is 0 Å². The van der Waals surface area contributed by atoms with Gasteiger partial charge < -0.3 is 10.2 Å². The number of imide groups is 1. The van der Waals surface area contributed by atoms with Crippen LogP contribution in [0.15, 0.2) is 48.2 Å². The summed E-state index contributed by atoms with van der Waals surface area (Å²) in [5, 5.41) is 3.71. The Hall–Kier alpha value is -2.76. The fourth-order valence-electron chi connectivity index (χ4n) is 4.53. The standard InChI is InChI=1S/C26H27Cl2N3O2/c1-5-10-31-23-13-21(28)18(11-19(23)16(2)14-26(31,3)4)12-22-24(32)30(25(33)29-22)15-17-8-6-7-9-20(17)27/h6-9,11-14H,5,10,15H2,1-4H3,(H,29,33)/b22-12+. The molecule has 2 aromatic rings. The zero-order valence-electron chi connectivity index (χ0n) is 19.2. The zero-order chi connectivity index (χ0) is 23.9. The van der Waals surface area contributed by atoms with Crippen LogP contribution >= 0.6 is 23.2 Å². The molecule has 2 aliphatic heterocycles. The highest BCUT2D eigenvalue weighted by atomic mass is 35.5. The van der Waals surface area contributed by atoms with Crippen LogP contribution in [0.25, 0.3) is 11.6 Å². The number of urea groups is 1. The monoisotopic (exact) mass is 483 g/mol. The fraction of sp³-hybridized carbons (Fsp3) is 0.308. The van der Waals surface area contributed by atoms with Crippen molar-refractivity contribution >= 4 is 52.5 Å². The van der Waals surface area contributed by atoms with Gasteiger partial charge >= 0.3 is 6.03 Å². The topological polar surface area (TPSA) is 52.7 Å². The molecule has 2 heterocycles. The molecule has 0 aromatic heterocycles. The first-order valence-corrected chi connectivity index (χ1v) is 11.8. The first-order chi connectivity index (χ1) is 15.6. The average molecular weight is 484 g/mol. The van der Waals surface area contributed by atoms with Gasteiger partial charge in [-0.3, -0.25) is 9.69 Å². The summed E-state index contributed by atoms with van der Waals surface area (Å²) in [6.07, 6.45) is 4.91. The summed E-state index contributed by atoms with van der Waals surface area (Å²) >= 11 is 12.9. The second-order valence-corrected chi connectivity index (χ2v) is 9.81. The molecule has 0 spiro atoms. The first-order valence-electron chi connectivity index (χ1n) is 11.0. The summed E-state index contributed by atoms with van der Waals surface area (Å²) < 4.78 is 0. The van der Waals surface area contributed by atoms with Crippen LogP contribution in [0.1, 0.15) is 50.8 Å². The fourth-order valence-corrected chi connectivity index (χ4v) is 4.93. The van der Waals surface area contributed by atoms with E-state index in [0.717, 1.165) is 34.7 Å². The second-order valence-electron chi connectivity index (χ2n) is 8.99. The predicted molar refractivity (Wildman–Crippen MR) is 135 cm³/mol. The zero-order valence-corrected chi connectivity index (χ0v) is 20.7. The second kappa shape index (κ2) is 8.88. The number of fused-ring (bicyclic) bond motifs is 1. The molecule has 5 nitrogen and oxygen atoms in total. The number of nitrogens with zero attached hydrogens (tertiary/aromatic N) is 2. The van der Waals surface area contributed by atoms with E-state index in [4.69, 9.17) is 23.2 Å². The third-order valence-electron chi connectivity index (χ3n) is 6.09. The van der Waals surface area contributed by atoms with Gasteiger partial charge in [0.2, 0.25) is 0 Å². The molecule has 2 aliphatic rings. The molecule has 0 bridgehead atoms. The third-order valence-corrected chi connectivity index (χ3v) is 6.79. The Kier molecular flexibility index (Phi) is 6.30. The van der Waals surface area contributed by atoms with Gasteiger partial charge in [0, 0.05) is 27.8 Å². The molecular weight excluding hydrogens is 457 g/mol. The van der Waals surface area contributed by atoms with Crippen molar-refractivity contribution in [3.8, 4) is 0 Å². The van der Waals surface area contributed by atoms with E-state index in [9.17, 15) is 9.59 Å². The molecule has 4 rings (SSSR count). The van der Waals surface area contributed by atoms with Gasteiger partial charge in [-0.15, -0.1) is 0 Å². The van der Waals surface area contributed by atoms with Crippen molar-refractivity contribution in [2.24, 2.45) is 0 Å². The third kappa shape index (κ3) is 4.40. The number of amides is 3. The summed E-state index contributed by atoms with van der Waals surface area (Å²) in [5.74, 6) is -0.408. The quantitative estimate of drug-likeness (QED) is 0.390. The molecule has 1 N–H and O–H groups in total. The maximum absolute atomic E-state index is 13.0. The summed E-state index contributed by atoms with van der Waals surface area (Å²) in [7, 11) is 0. The van der Waals surface area contributed by atoms with Gasteiger partial charge in [-0.25, -0.2) is 4.79 Å². The number of benzene rings is 2. The van der Waals surface area contributed by atoms with Crippen LogP contribution in [0.4, 0.5) is 10.5 Å². The van der Waals surface area contributed by atoms with E-state index in [-0.39, 0.29) is 17.8 Å². The molecule has 0 radical (unpaired) electrons. The summed E-state index contributed by atoms with van der Waals surface area (Å²) in [4.78, 5) is 29.0. The van der Waals surface area contributed by atoms with Crippen LogP contribution in [-0.4, -0.2) is 28.9 Å². The summed E-state index contributed by atoms with van der Waals surface area (Å²) in [5.41, 5.74) is 4.76. The Morgan fingerprint density at radius 3 is 2.52 bits per heavy atom. The van der Waals surface area contributed by atoms with Crippen molar-refractivity contribution in [3.05, 3.63) is 74.9 Å². The normalized spacial score (nSPS) is 18.5. The highest BCUT2D eigenvalue weighted by molar-refractivity contribution is 6.33. The van der Waals surface area contributed by atoms with Crippen molar-refractivity contribution in [2.45, 2.75) is 46.2 Å². The molecule has 7 heteroatoms. The minimum atomic E-state index is -0.479. The van der Waals surface area contributed by atoms with Gasteiger partial charge in [-0.05, 0) is 68.2 Å². The maximum Gasteiger partial charge on any atom is 0.329 e. The predicted octanol–water partition coefficient (Wildman–Crippen LogP) is 6.50. The highest BCUT2D eigenvalue weighted by Gasteiger charge is 2.35. The Balaban J connectivity index is 1.68. The molecule has 3 amide bonds. The van der Waals surface area contributed by atoms with Crippen LogP contribution in [0.2, 0.25) is 10.0 Å². The SMILES string of the molecule is CCCN1c2cc(Cl)c(/C=C3/NC(=O)N(Cc4ccccc4Cl)C3=O)cc2C(C)=CC1(C)C. The number of nitrogens with one attached hydrogen (secondary N) is 1. The Morgan fingerprint density at radius 2 is 1.82 bits per heavy atom. The van der Waals surface area contributed by atoms with E-state index in [0.29, 0.717) is 21.2 Å². The molecular formula is C26H27Cl2N3O2. The van der Waals surface area contributed by atoms with E-state index in [1.54, 1.807) is 24.3 Å². The molecule has 0 atom stereocenters. The summed E-state index contributed by atoms with van der Waals surface area (Å²) in [6.45, 7) is 9.64. The number of halogens is 2. The average Bonchev–Trinajstić information content (AvgIpc) is 3.00. The first kappa shape index (κ1) is 23.4. The lowest BCUT2D eigenvalue weighted by molar-refractivity contribution is -0.123. The van der Waals surface area contributed by atoms with E-state index < -0.39 is 11.9 Å². The van der Waals surface area contributed by atoms with E-state index in [1.807, 2.05) is 18.2 Å². The molecule has 1 saturated heterocycles. The number of carbonyl (C=O) groups is 2. The van der Waals surface area contributed by atoms with E-state index in [1.165, 1.54) is 0 Å².